The van der Waals surface area contributed by atoms with Crippen molar-refractivity contribution in [3.8, 4) is 67.1 Å². The van der Waals surface area contributed by atoms with Gasteiger partial charge in [-0.15, -0.1) is 0 Å². The zero-order valence-electron chi connectivity index (χ0n) is 30.2. The molecule has 10 aromatic rings. The summed E-state index contributed by atoms with van der Waals surface area (Å²) in [7, 11) is 0. The molecule has 0 atom stereocenters. The maximum atomic E-state index is 7.36. The summed E-state index contributed by atoms with van der Waals surface area (Å²) in [6, 6.07) is 78.1. The normalized spacial score (nSPS) is 11.3. The molecule has 1 nitrogen and oxygen atoms in total. The molecular formula is C54H36O. The van der Waals surface area contributed by atoms with E-state index in [1.54, 1.807) is 0 Å². The van der Waals surface area contributed by atoms with Gasteiger partial charge in [0.15, 0.2) is 0 Å². The Bertz CT molecular complexity index is 2960. The fourth-order valence-electron chi connectivity index (χ4n) is 8.33. The van der Waals surface area contributed by atoms with Gasteiger partial charge < -0.3 is 4.74 Å². The first-order chi connectivity index (χ1) is 27.3. The molecule has 55 heavy (non-hydrogen) atoms. The van der Waals surface area contributed by atoms with Gasteiger partial charge >= 0.3 is 0 Å². The van der Waals surface area contributed by atoms with Crippen molar-refractivity contribution in [2.45, 2.75) is 0 Å². The first-order valence-electron chi connectivity index (χ1n) is 18.9. The summed E-state index contributed by atoms with van der Waals surface area (Å²) >= 11 is 0. The molecule has 0 saturated heterocycles. The first-order valence-corrected chi connectivity index (χ1v) is 18.9. The minimum absolute atomic E-state index is 0.787. The van der Waals surface area contributed by atoms with E-state index in [9.17, 15) is 0 Å². The zero-order chi connectivity index (χ0) is 36.6. The van der Waals surface area contributed by atoms with Crippen LogP contribution >= 0.6 is 0 Å². The van der Waals surface area contributed by atoms with Gasteiger partial charge in [0.25, 0.3) is 0 Å². The lowest BCUT2D eigenvalue weighted by Gasteiger charge is -2.27. The van der Waals surface area contributed by atoms with E-state index in [1.807, 2.05) is 18.2 Å². The van der Waals surface area contributed by atoms with Gasteiger partial charge in [0.05, 0.1) is 0 Å². The number of rotatable bonds is 7. The smallest absolute Gasteiger partial charge is 0.144 e. The minimum atomic E-state index is 0.787. The van der Waals surface area contributed by atoms with Gasteiger partial charge in [-0.05, 0) is 78.2 Å². The Morgan fingerprint density at radius 2 is 0.764 bits per heavy atom. The molecule has 0 aliphatic heterocycles. The highest BCUT2D eigenvalue weighted by Gasteiger charge is 2.28. The summed E-state index contributed by atoms with van der Waals surface area (Å²) in [6.07, 6.45) is 0. The van der Waals surface area contributed by atoms with Crippen LogP contribution in [0.15, 0.2) is 218 Å². The number of hydrogen-bond acceptors (Lipinski definition) is 1. The van der Waals surface area contributed by atoms with Gasteiger partial charge in [-0.2, -0.15) is 0 Å². The van der Waals surface area contributed by atoms with Crippen LogP contribution in [0.25, 0.3) is 88.0 Å². The zero-order valence-corrected chi connectivity index (χ0v) is 30.2. The number of para-hydroxylation sites is 1. The van der Waals surface area contributed by atoms with Crippen molar-refractivity contribution in [3.63, 3.8) is 0 Å². The largest absolute Gasteiger partial charge is 0.456 e. The first kappa shape index (κ1) is 32.4. The monoisotopic (exact) mass is 700 g/mol. The Labute approximate surface area is 321 Å². The van der Waals surface area contributed by atoms with Crippen LogP contribution in [0.3, 0.4) is 0 Å². The maximum Gasteiger partial charge on any atom is 0.144 e. The van der Waals surface area contributed by atoms with E-state index >= 15 is 0 Å². The highest BCUT2D eigenvalue weighted by atomic mass is 16.5. The quantitative estimate of drug-likeness (QED) is 0.150. The molecule has 0 aliphatic rings. The second kappa shape index (κ2) is 14.0. The van der Waals surface area contributed by atoms with E-state index in [0.29, 0.717) is 0 Å². The molecule has 1 heteroatoms. The third-order valence-electron chi connectivity index (χ3n) is 10.7. The number of fused-ring (bicyclic) bond motifs is 4. The summed E-state index contributed by atoms with van der Waals surface area (Å²) in [5, 5.41) is 6.95. The van der Waals surface area contributed by atoms with Crippen LogP contribution in [0.4, 0.5) is 0 Å². The SMILES string of the molecule is c1ccc(Oc2c(-c3ccccc3)c(-c3ccccc3-c3ccccc3)c(-c3cccc4ccccc34)c3ccc4cccc(-c5ccccc5)c4c23)cc1. The molecule has 0 bridgehead atoms. The summed E-state index contributed by atoms with van der Waals surface area (Å²) < 4.78 is 7.36. The minimum Gasteiger partial charge on any atom is -0.456 e. The molecule has 0 heterocycles. The van der Waals surface area contributed by atoms with Crippen molar-refractivity contribution >= 4 is 32.3 Å². The van der Waals surface area contributed by atoms with Crippen LogP contribution in [-0.4, -0.2) is 0 Å². The molecule has 0 aliphatic carbocycles. The van der Waals surface area contributed by atoms with Gasteiger partial charge in [0.1, 0.15) is 11.5 Å². The van der Waals surface area contributed by atoms with Crippen LogP contribution in [-0.2, 0) is 0 Å². The van der Waals surface area contributed by atoms with Crippen LogP contribution in [0, 0.1) is 0 Å². The van der Waals surface area contributed by atoms with Gasteiger partial charge in [0, 0.05) is 21.9 Å². The van der Waals surface area contributed by atoms with Crippen LogP contribution in [0.1, 0.15) is 0 Å². The third kappa shape index (κ3) is 5.75. The van der Waals surface area contributed by atoms with E-state index in [0.717, 1.165) is 66.6 Å². The van der Waals surface area contributed by atoms with Gasteiger partial charge in [-0.3, -0.25) is 0 Å². The number of ether oxygens (including phenoxy) is 1. The van der Waals surface area contributed by atoms with Crippen LogP contribution in [0.2, 0.25) is 0 Å². The number of benzene rings is 10. The van der Waals surface area contributed by atoms with Gasteiger partial charge in [0.2, 0.25) is 0 Å². The summed E-state index contributed by atoms with van der Waals surface area (Å²) in [4.78, 5) is 0. The van der Waals surface area contributed by atoms with Crippen molar-refractivity contribution < 1.29 is 4.74 Å². The Morgan fingerprint density at radius 1 is 0.255 bits per heavy atom. The summed E-state index contributed by atoms with van der Waals surface area (Å²) in [5.74, 6) is 1.62. The van der Waals surface area contributed by atoms with E-state index < -0.39 is 0 Å². The lowest BCUT2D eigenvalue weighted by Crippen LogP contribution is -2.00. The van der Waals surface area contributed by atoms with E-state index in [2.05, 4.69) is 200 Å². The van der Waals surface area contributed by atoms with Crippen molar-refractivity contribution in [1.82, 2.24) is 0 Å². The average Bonchev–Trinajstić information content (AvgIpc) is 3.27. The van der Waals surface area contributed by atoms with Crippen molar-refractivity contribution in [2.24, 2.45) is 0 Å². The van der Waals surface area contributed by atoms with Crippen LogP contribution in [0.5, 0.6) is 11.5 Å². The highest BCUT2D eigenvalue weighted by molar-refractivity contribution is 6.26. The Balaban J connectivity index is 1.50. The highest BCUT2D eigenvalue weighted by Crippen LogP contribution is 2.56. The van der Waals surface area contributed by atoms with E-state index in [-0.39, 0.29) is 0 Å². The Morgan fingerprint density at radius 3 is 1.47 bits per heavy atom. The van der Waals surface area contributed by atoms with Crippen molar-refractivity contribution in [1.29, 1.82) is 0 Å². The van der Waals surface area contributed by atoms with Crippen molar-refractivity contribution in [2.75, 3.05) is 0 Å². The Kier molecular flexibility index (Phi) is 8.24. The lowest BCUT2D eigenvalue weighted by molar-refractivity contribution is 0.490. The van der Waals surface area contributed by atoms with Crippen LogP contribution < -0.4 is 4.74 Å². The second-order valence-corrected chi connectivity index (χ2v) is 13.9. The molecule has 0 amide bonds. The molecule has 0 aromatic heterocycles. The Hall–Kier alpha value is -7.22. The average molecular weight is 701 g/mol. The molecular weight excluding hydrogens is 665 g/mol. The predicted octanol–water partition coefficient (Wildman–Crippen LogP) is 15.3. The van der Waals surface area contributed by atoms with E-state index in [1.165, 1.54) is 32.8 Å². The molecule has 0 spiro atoms. The van der Waals surface area contributed by atoms with Crippen molar-refractivity contribution in [3.05, 3.63) is 218 Å². The van der Waals surface area contributed by atoms with E-state index in [4.69, 9.17) is 4.74 Å². The summed E-state index contributed by atoms with van der Waals surface area (Å²) in [5.41, 5.74) is 11.4. The second-order valence-electron chi connectivity index (χ2n) is 13.9. The molecule has 258 valence electrons. The number of hydrogen-bond donors (Lipinski definition) is 0. The fraction of sp³-hybridized carbons (Fsp3) is 0. The third-order valence-corrected chi connectivity index (χ3v) is 10.7. The molecule has 0 saturated carbocycles. The predicted molar refractivity (Wildman–Crippen MR) is 233 cm³/mol. The topological polar surface area (TPSA) is 9.23 Å². The molecule has 10 rings (SSSR count). The standard InChI is InChI=1S/C54H36O/c1-5-19-37(20-6-1)44-31-15-16-32-47(44)52-50(40-24-9-3-10-25-40)54(55-42-28-11-4-12-29-42)53-48(51(52)46-34-17-26-38-23-13-14-30-43(38)46)36-35-41-27-18-33-45(49(41)53)39-21-7-2-8-22-39/h1-36H. The van der Waals surface area contributed by atoms with Gasteiger partial charge in [-0.1, -0.05) is 206 Å². The maximum absolute atomic E-state index is 7.36. The molecule has 0 fully saturated rings. The molecule has 0 N–H and O–H groups in total. The fourth-order valence-corrected chi connectivity index (χ4v) is 8.33. The molecule has 0 unspecified atom stereocenters. The molecule has 0 radical (unpaired) electrons. The lowest BCUT2D eigenvalue weighted by atomic mass is 9.78. The summed E-state index contributed by atoms with van der Waals surface area (Å²) in [6.45, 7) is 0. The van der Waals surface area contributed by atoms with Gasteiger partial charge in [-0.25, -0.2) is 0 Å². The molecule has 10 aromatic carbocycles.